The third-order valence-corrected chi connectivity index (χ3v) is 7.38. The van der Waals surface area contributed by atoms with Crippen molar-refractivity contribution in [3.8, 4) is 0 Å². The molecule has 1 aliphatic carbocycles. The summed E-state index contributed by atoms with van der Waals surface area (Å²) in [6, 6.07) is 4.33. The second-order valence-electron chi connectivity index (χ2n) is 9.38. The van der Waals surface area contributed by atoms with Crippen molar-refractivity contribution in [3.63, 3.8) is 0 Å². The predicted octanol–water partition coefficient (Wildman–Crippen LogP) is 3.13. The molecule has 1 saturated carbocycles. The number of amides is 2. The largest absolute Gasteiger partial charge is 0.441 e. The van der Waals surface area contributed by atoms with Gasteiger partial charge >= 0.3 is 6.09 Å². The molecule has 2 amide bonds. The van der Waals surface area contributed by atoms with Crippen LogP contribution in [0.1, 0.15) is 57.9 Å². The first-order valence-electron chi connectivity index (χ1n) is 11.6. The molecular weight excluding hydrogens is 380 g/mol. The van der Waals surface area contributed by atoms with Gasteiger partial charge in [-0.1, -0.05) is 19.3 Å². The van der Waals surface area contributed by atoms with Gasteiger partial charge in [-0.2, -0.15) is 0 Å². The Kier molecular flexibility index (Phi) is 6.37. The molecule has 0 N–H and O–H groups in total. The Morgan fingerprint density at radius 3 is 2.53 bits per heavy atom. The van der Waals surface area contributed by atoms with Crippen molar-refractivity contribution in [1.29, 1.82) is 0 Å². The Morgan fingerprint density at radius 1 is 1.20 bits per heavy atom. The summed E-state index contributed by atoms with van der Waals surface area (Å²) in [5.74, 6) is 0.135. The van der Waals surface area contributed by atoms with E-state index in [0.717, 1.165) is 25.9 Å². The van der Waals surface area contributed by atoms with Gasteiger partial charge in [-0.25, -0.2) is 4.79 Å². The van der Waals surface area contributed by atoms with Gasteiger partial charge in [-0.3, -0.25) is 4.79 Å². The number of carbonyl (C=O) groups is 2. The zero-order valence-corrected chi connectivity index (χ0v) is 18.5. The Labute approximate surface area is 179 Å². The standard InChI is InChI=1S/C23H36N4O3/c1-19(25-12-6-7-13-25)21(28)26-14-10-23(11-15-26)18-27(22(29)30-23)17-16-24(2)20-8-4-3-5-9-20/h6-7,12-13,19-20H,3-5,8-11,14-18H2,1-2H3. The summed E-state index contributed by atoms with van der Waals surface area (Å²) in [5, 5.41) is 0. The molecule has 2 saturated heterocycles. The van der Waals surface area contributed by atoms with E-state index in [0.29, 0.717) is 25.7 Å². The maximum atomic E-state index is 12.8. The highest BCUT2D eigenvalue weighted by Crippen LogP contribution is 2.34. The number of piperidine rings is 1. The van der Waals surface area contributed by atoms with Crippen LogP contribution in [0, 0.1) is 0 Å². The molecule has 4 rings (SSSR count). The minimum absolute atomic E-state index is 0.135. The second kappa shape index (κ2) is 9.00. The van der Waals surface area contributed by atoms with Gasteiger partial charge in [0.15, 0.2) is 0 Å². The molecule has 1 spiro atoms. The van der Waals surface area contributed by atoms with Crippen molar-refractivity contribution < 1.29 is 14.3 Å². The summed E-state index contributed by atoms with van der Waals surface area (Å²) >= 11 is 0. The smallest absolute Gasteiger partial charge is 0.410 e. The monoisotopic (exact) mass is 416 g/mol. The van der Waals surface area contributed by atoms with Gasteiger partial charge in [0.1, 0.15) is 11.6 Å². The first-order valence-corrected chi connectivity index (χ1v) is 11.6. The Morgan fingerprint density at radius 2 is 1.87 bits per heavy atom. The van der Waals surface area contributed by atoms with Crippen LogP contribution in [0.25, 0.3) is 0 Å². The fourth-order valence-corrected chi connectivity index (χ4v) is 5.24. The minimum atomic E-state index is -0.423. The second-order valence-corrected chi connectivity index (χ2v) is 9.38. The van der Waals surface area contributed by atoms with Crippen molar-refractivity contribution in [2.45, 2.75) is 69.6 Å². The van der Waals surface area contributed by atoms with Gasteiger partial charge in [0.25, 0.3) is 0 Å². The zero-order valence-electron chi connectivity index (χ0n) is 18.5. The molecule has 1 unspecified atom stereocenters. The molecule has 3 aliphatic rings. The van der Waals surface area contributed by atoms with Crippen LogP contribution in [0.15, 0.2) is 24.5 Å². The number of nitrogens with zero attached hydrogens (tertiary/aromatic N) is 4. The fraction of sp³-hybridized carbons (Fsp3) is 0.739. The molecule has 3 fully saturated rings. The van der Waals surface area contributed by atoms with Gasteiger partial charge < -0.3 is 24.0 Å². The number of rotatable bonds is 6. The van der Waals surface area contributed by atoms with Gasteiger partial charge in [0.2, 0.25) is 5.91 Å². The van der Waals surface area contributed by atoms with Crippen LogP contribution in [0.2, 0.25) is 0 Å². The van der Waals surface area contributed by atoms with Crippen LogP contribution in [-0.2, 0) is 9.53 Å². The highest BCUT2D eigenvalue weighted by molar-refractivity contribution is 5.80. The van der Waals surface area contributed by atoms with Crippen molar-refractivity contribution in [2.75, 3.05) is 39.8 Å². The quantitative estimate of drug-likeness (QED) is 0.715. The molecular formula is C23H36N4O3. The highest BCUT2D eigenvalue weighted by Gasteiger charge is 2.47. The number of carbonyl (C=O) groups excluding carboxylic acids is 2. The molecule has 2 aliphatic heterocycles. The van der Waals surface area contributed by atoms with Crippen LogP contribution in [0.3, 0.4) is 0 Å². The van der Waals surface area contributed by atoms with E-state index in [1.807, 2.05) is 45.8 Å². The van der Waals surface area contributed by atoms with Gasteiger partial charge in [-0.05, 0) is 38.9 Å². The number of hydrogen-bond acceptors (Lipinski definition) is 4. The van der Waals surface area contributed by atoms with Crippen molar-refractivity contribution in [1.82, 2.24) is 19.3 Å². The van der Waals surface area contributed by atoms with Crippen LogP contribution < -0.4 is 0 Å². The predicted molar refractivity (Wildman–Crippen MR) is 115 cm³/mol. The maximum absolute atomic E-state index is 12.8. The van der Waals surface area contributed by atoms with E-state index in [4.69, 9.17) is 4.74 Å². The summed E-state index contributed by atoms with van der Waals surface area (Å²) in [5.41, 5.74) is -0.423. The lowest BCUT2D eigenvalue weighted by Gasteiger charge is -2.38. The first kappa shape index (κ1) is 21.2. The van der Waals surface area contributed by atoms with E-state index in [-0.39, 0.29) is 18.0 Å². The van der Waals surface area contributed by atoms with Crippen LogP contribution >= 0.6 is 0 Å². The Bertz CT molecular complexity index is 721. The van der Waals surface area contributed by atoms with E-state index in [2.05, 4.69) is 11.9 Å². The summed E-state index contributed by atoms with van der Waals surface area (Å²) in [6.45, 7) is 5.50. The lowest BCUT2D eigenvalue weighted by molar-refractivity contribution is -0.137. The molecule has 1 aromatic heterocycles. The number of likely N-dealkylation sites (tertiary alicyclic amines) is 1. The van der Waals surface area contributed by atoms with Crippen molar-refractivity contribution in [2.24, 2.45) is 0 Å². The summed E-state index contributed by atoms with van der Waals surface area (Å²) in [4.78, 5) is 31.6. The topological polar surface area (TPSA) is 58.0 Å². The molecule has 7 heteroatoms. The number of ether oxygens (including phenoxy) is 1. The third kappa shape index (κ3) is 4.51. The summed E-state index contributed by atoms with van der Waals surface area (Å²) in [6.07, 6.45) is 11.7. The van der Waals surface area contributed by atoms with Crippen molar-refractivity contribution in [3.05, 3.63) is 24.5 Å². The van der Waals surface area contributed by atoms with Gasteiger partial charge in [0.05, 0.1) is 6.54 Å². The van der Waals surface area contributed by atoms with Crippen LogP contribution in [0.5, 0.6) is 0 Å². The Hall–Kier alpha value is -2.02. The van der Waals surface area contributed by atoms with Crippen molar-refractivity contribution >= 4 is 12.0 Å². The number of aromatic nitrogens is 1. The zero-order chi connectivity index (χ0) is 21.1. The van der Waals surface area contributed by atoms with Crippen LogP contribution in [-0.4, -0.2) is 82.7 Å². The van der Waals surface area contributed by atoms with E-state index < -0.39 is 5.60 Å². The van der Waals surface area contributed by atoms with E-state index >= 15 is 0 Å². The lowest BCUT2D eigenvalue weighted by Crippen LogP contribution is -2.50. The van der Waals surface area contributed by atoms with E-state index in [9.17, 15) is 9.59 Å². The molecule has 0 aromatic carbocycles. The maximum Gasteiger partial charge on any atom is 0.410 e. The number of hydrogen-bond donors (Lipinski definition) is 0. The van der Waals surface area contributed by atoms with Gasteiger partial charge in [-0.15, -0.1) is 0 Å². The molecule has 30 heavy (non-hydrogen) atoms. The molecule has 166 valence electrons. The first-order chi connectivity index (χ1) is 14.5. The minimum Gasteiger partial charge on any atom is -0.441 e. The highest BCUT2D eigenvalue weighted by atomic mass is 16.6. The molecule has 0 radical (unpaired) electrons. The molecule has 7 nitrogen and oxygen atoms in total. The summed E-state index contributed by atoms with van der Waals surface area (Å²) in [7, 11) is 2.18. The average molecular weight is 417 g/mol. The summed E-state index contributed by atoms with van der Waals surface area (Å²) < 4.78 is 7.80. The SMILES string of the molecule is CC(C(=O)N1CCC2(CC1)CN(CCN(C)C1CCCCC1)C(=O)O2)n1cccc1. The third-order valence-electron chi connectivity index (χ3n) is 7.38. The molecule has 1 aromatic rings. The Balaban J connectivity index is 1.26. The molecule has 1 atom stereocenters. The van der Waals surface area contributed by atoms with E-state index in [1.165, 1.54) is 32.1 Å². The number of likely N-dealkylation sites (N-methyl/N-ethyl adjacent to an activating group) is 1. The normalized spacial score (nSPS) is 23.2. The fourth-order valence-electron chi connectivity index (χ4n) is 5.24. The van der Waals surface area contributed by atoms with E-state index in [1.54, 1.807) is 0 Å². The lowest BCUT2D eigenvalue weighted by atomic mass is 9.91. The van der Waals surface area contributed by atoms with Crippen LogP contribution in [0.4, 0.5) is 4.79 Å². The van der Waals surface area contributed by atoms with Gasteiger partial charge in [0, 0.05) is 57.5 Å². The molecule has 0 bridgehead atoms. The average Bonchev–Trinajstić information content (AvgIpc) is 3.41. The molecule has 3 heterocycles.